The average molecular weight is 375 g/mol. The van der Waals surface area contributed by atoms with E-state index in [4.69, 9.17) is 14.2 Å². The fraction of sp³-hybridized carbons (Fsp3) is 0.600. The topological polar surface area (TPSA) is 85.3 Å². The van der Waals surface area contributed by atoms with E-state index in [1.165, 1.54) is 14.2 Å². The highest BCUT2D eigenvalue weighted by atomic mass is 16.5. The number of methoxy groups -OCH3 is 3. The van der Waals surface area contributed by atoms with E-state index >= 15 is 0 Å². The molecule has 1 N–H and O–H groups in total. The molecule has 2 bridgehead atoms. The second-order valence-corrected chi connectivity index (χ2v) is 7.76. The number of fused-ring (bicyclic) bond motifs is 1. The van der Waals surface area contributed by atoms with Gasteiger partial charge in [-0.1, -0.05) is 0 Å². The number of phenols is 1. The van der Waals surface area contributed by atoms with Crippen LogP contribution in [0.5, 0.6) is 11.5 Å². The maximum absolute atomic E-state index is 13.4. The molecule has 1 aromatic carbocycles. The average Bonchev–Trinajstić information content (AvgIpc) is 2.66. The molecule has 0 amide bonds. The van der Waals surface area contributed by atoms with Crippen molar-refractivity contribution in [1.82, 2.24) is 4.90 Å². The molecule has 146 valence electrons. The summed E-state index contributed by atoms with van der Waals surface area (Å²) in [6.45, 7) is 0.657. The van der Waals surface area contributed by atoms with Gasteiger partial charge in [0.2, 0.25) is 0 Å². The third-order valence-electron chi connectivity index (χ3n) is 6.74. The smallest absolute Gasteiger partial charge is 0.180 e. The van der Waals surface area contributed by atoms with Crippen molar-refractivity contribution in [3.8, 4) is 11.5 Å². The van der Waals surface area contributed by atoms with E-state index in [1.807, 2.05) is 11.9 Å². The fourth-order valence-electron chi connectivity index (χ4n) is 5.63. The molecule has 2 fully saturated rings. The molecule has 1 saturated heterocycles. The lowest BCUT2D eigenvalue weighted by Crippen LogP contribution is -2.70. The number of carbonyl (C=O) groups is 2. The van der Waals surface area contributed by atoms with Gasteiger partial charge in [-0.2, -0.15) is 0 Å². The minimum Gasteiger partial charge on any atom is -0.504 e. The van der Waals surface area contributed by atoms with Crippen molar-refractivity contribution in [1.29, 1.82) is 0 Å². The van der Waals surface area contributed by atoms with Gasteiger partial charge in [0.15, 0.2) is 23.1 Å². The first-order valence-electron chi connectivity index (χ1n) is 9.14. The van der Waals surface area contributed by atoms with Gasteiger partial charge in [-0.25, -0.2) is 0 Å². The summed E-state index contributed by atoms with van der Waals surface area (Å²) < 4.78 is 16.5. The quantitative estimate of drug-likeness (QED) is 0.848. The molecule has 1 heterocycles. The lowest BCUT2D eigenvalue weighted by atomic mass is 9.50. The summed E-state index contributed by atoms with van der Waals surface area (Å²) in [5.74, 6) is -0.150. The van der Waals surface area contributed by atoms with Crippen molar-refractivity contribution < 1.29 is 28.9 Å². The number of ether oxygens (including phenoxy) is 3. The van der Waals surface area contributed by atoms with E-state index < -0.39 is 23.7 Å². The summed E-state index contributed by atoms with van der Waals surface area (Å²) in [6.07, 6.45) is -0.425. The number of likely N-dealkylation sites (tertiary alicyclic amines) is 1. The Hall–Kier alpha value is -1.96. The van der Waals surface area contributed by atoms with Gasteiger partial charge in [-0.3, -0.25) is 14.5 Å². The van der Waals surface area contributed by atoms with Crippen LogP contribution < -0.4 is 4.74 Å². The summed E-state index contributed by atoms with van der Waals surface area (Å²) in [7, 11) is 6.44. The Kier molecular flexibility index (Phi) is 4.29. The van der Waals surface area contributed by atoms with E-state index in [0.29, 0.717) is 29.8 Å². The van der Waals surface area contributed by atoms with Gasteiger partial charge < -0.3 is 19.3 Å². The molecule has 2 aliphatic carbocycles. The molecule has 0 spiro atoms. The van der Waals surface area contributed by atoms with Crippen LogP contribution in [0.15, 0.2) is 12.1 Å². The van der Waals surface area contributed by atoms with Gasteiger partial charge in [0.25, 0.3) is 0 Å². The van der Waals surface area contributed by atoms with E-state index in [2.05, 4.69) is 0 Å². The van der Waals surface area contributed by atoms with Crippen LogP contribution in [0.1, 0.15) is 28.8 Å². The maximum Gasteiger partial charge on any atom is 0.180 e. The monoisotopic (exact) mass is 375 g/mol. The highest BCUT2D eigenvalue weighted by Crippen LogP contribution is 2.58. The number of ketones is 2. The van der Waals surface area contributed by atoms with Crippen LogP contribution in [0.2, 0.25) is 0 Å². The second kappa shape index (κ2) is 6.29. The largest absolute Gasteiger partial charge is 0.504 e. The van der Waals surface area contributed by atoms with E-state index in [1.54, 1.807) is 19.2 Å². The summed E-state index contributed by atoms with van der Waals surface area (Å²) in [6, 6.07) is 2.89. The van der Waals surface area contributed by atoms with E-state index in [-0.39, 0.29) is 29.7 Å². The number of likely N-dealkylation sites (N-methyl/N-ethyl adjacent to an activating group) is 1. The number of Topliss-reactive ketones (excluding diaryl/α,β-unsaturated/α-hetero) is 2. The van der Waals surface area contributed by atoms with Gasteiger partial charge in [0.1, 0.15) is 6.10 Å². The minimum absolute atomic E-state index is 0.0464. The number of rotatable bonds is 3. The molecule has 7 heteroatoms. The molecule has 1 saturated carbocycles. The molecule has 3 aliphatic rings. The molecule has 2 unspecified atom stereocenters. The van der Waals surface area contributed by atoms with Crippen LogP contribution in [0.4, 0.5) is 0 Å². The standard InChI is InChI=1S/C20H25NO6/c1-21-8-7-20-9-11(22)18(26-3)19(27-4)14(20)15(21)16(23)10-5-6-12(25-2)17(24)13(10)20/h5-6,14-15,18-19,24H,7-9H2,1-4H3/t14-,15+,18?,19?,20-/m1/s1. The van der Waals surface area contributed by atoms with Crippen molar-refractivity contribution in [2.45, 2.75) is 36.5 Å². The summed E-state index contributed by atoms with van der Waals surface area (Å²) in [5.41, 5.74) is 0.331. The predicted octanol–water partition coefficient (Wildman–Crippen LogP) is 1.16. The molecule has 7 nitrogen and oxygen atoms in total. The first kappa shape index (κ1) is 18.4. The van der Waals surface area contributed by atoms with Gasteiger partial charge in [-0.05, 0) is 32.1 Å². The summed E-state index contributed by atoms with van der Waals surface area (Å²) >= 11 is 0. The molecule has 1 aromatic rings. The van der Waals surface area contributed by atoms with Crippen LogP contribution in [-0.2, 0) is 19.7 Å². The number of hydrogen-bond acceptors (Lipinski definition) is 7. The number of aromatic hydroxyl groups is 1. The number of phenolic OH excluding ortho intramolecular Hbond substituents is 1. The highest BCUT2D eigenvalue weighted by Gasteiger charge is 2.65. The molecule has 4 rings (SSSR count). The molecule has 0 radical (unpaired) electrons. The highest BCUT2D eigenvalue weighted by molar-refractivity contribution is 6.05. The van der Waals surface area contributed by atoms with Crippen molar-refractivity contribution >= 4 is 11.6 Å². The maximum atomic E-state index is 13.4. The number of nitrogens with zero attached hydrogens (tertiary/aromatic N) is 1. The Labute approximate surface area is 158 Å². The Morgan fingerprint density at radius 1 is 1.19 bits per heavy atom. The molecular weight excluding hydrogens is 350 g/mol. The zero-order valence-electron chi connectivity index (χ0n) is 16.0. The van der Waals surface area contributed by atoms with Crippen molar-refractivity contribution in [2.75, 3.05) is 34.9 Å². The Balaban J connectivity index is 2.02. The van der Waals surface area contributed by atoms with Gasteiger partial charge >= 0.3 is 0 Å². The van der Waals surface area contributed by atoms with Crippen LogP contribution in [0.3, 0.4) is 0 Å². The molecule has 5 atom stereocenters. The number of hydrogen-bond donors (Lipinski definition) is 1. The fourth-order valence-corrected chi connectivity index (χ4v) is 5.63. The molecule has 1 aliphatic heterocycles. The molecule has 27 heavy (non-hydrogen) atoms. The molecular formula is C20H25NO6. The zero-order valence-corrected chi connectivity index (χ0v) is 16.0. The van der Waals surface area contributed by atoms with Crippen molar-refractivity contribution in [3.05, 3.63) is 23.3 Å². The normalized spacial score (nSPS) is 35.6. The summed E-state index contributed by atoms with van der Waals surface area (Å²) in [5, 5.41) is 11.0. The number of carbonyl (C=O) groups excluding carboxylic acids is 2. The van der Waals surface area contributed by atoms with Crippen molar-refractivity contribution in [2.24, 2.45) is 5.92 Å². The first-order chi connectivity index (χ1) is 12.9. The third-order valence-corrected chi connectivity index (χ3v) is 6.74. The predicted molar refractivity (Wildman–Crippen MR) is 96.4 cm³/mol. The SMILES string of the molecule is COc1ccc2c(c1O)[C@]13CCN(C)[C@H](C2=O)[C@@H]1C(OC)C(OC)C(=O)C3. The van der Waals surface area contributed by atoms with Crippen LogP contribution in [-0.4, -0.2) is 74.7 Å². The van der Waals surface area contributed by atoms with Gasteiger partial charge in [0.05, 0.1) is 19.3 Å². The summed E-state index contributed by atoms with van der Waals surface area (Å²) in [4.78, 5) is 28.4. The first-order valence-corrected chi connectivity index (χ1v) is 9.14. The van der Waals surface area contributed by atoms with Crippen LogP contribution >= 0.6 is 0 Å². The van der Waals surface area contributed by atoms with Gasteiger partial charge in [0, 0.05) is 43.1 Å². The minimum atomic E-state index is -0.718. The van der Waals surface area contributed by atoms with Crippen molar-refractivity contribution in [3.63, 3.8) is 0 Å². The second-order valence-electron chi connectivity index (χ2n) is 7.76. The Morgan fingerprint density at radius 3 is 2.56 bits per heavy atom. The van der Waals surface area contributed by atoms with Crippen LogP contribution in [0.25, 0.3) is 0 Å². The molecule has 0 aromatic heterocycles. The van der Waals surface area contributed by atoms with E-state index in [9.17, 15) is 14.7 Å². The van der Waals surface area contributed by atoms with Gasteiger partial charge in [-0.15, -0.1) is 0 Å². The Morgan fingerprint density at radius 2 is 1.93 bits per heavy atom. The third kappa shape index (κ3) is 2.25. The lowest BCUT2D eigenvalue weighted by molar-refractivity contribution is -0.166. The number of piperidine rings is 1. The van der Waals surface area contributed by atoms with E-state index in [0.717, 1.165) is 0 Å². The zero-order chi connectivity index (χ0) is 19.5. The Bertz CT molecular complexity index is 808. The number of benzene rings is 1. The van der Waals surface area contributed by atoms with Crippen LogP contribution in [0, 0.1) is 5.92 Å². The lowest BCUT2D eigenvalue weighted by Gasteiger charge is -2.59.